The minimum absolute atomic E-state index is 0.353. The van der Waals surface area contributed by atoms with Crippen LogP contribution in [0.5, 0.6) is 0 Å². The monoisotopic (exact) mass is 366 g/mol. The number of rotatable bonds is 4. The fourth-order valence-electron chi connectivity index (χ4n) is 2.63. The number of nitrogens with zero attached hydrogens (tertiary/aromatic N) is 1. The highest BCUT2D eigenvalue weighted by Gasteiger charge is 2.53. The summed E-state index contributed by atoms with van der Waals surface area (Å²) in [5, 5.41) is 10.7. The van der Waals surface area contributed by atoms with Crippen molar-refractivity contribution in [2.75, 3.05) is 19.6 Å². The molecule has 1 aliphatic heterocycles. The van der Waals surface area contributed by atoms with Gasteiger partial charge in [0.05, 0.1) is 18.4 Å². The standard InChI is InChI=1S/C15H15F5N2O3/c16-14(17,9-4-2-1-3-5-9)8-21-13(25)22-6-10(12(23)24)11(7-22)15(18,19)20/h1-5,10-11H,6-8H2,(H,21,25)(H,23,24)/t10-,11-/m1/s1. The van der Waals surface area contributed by atoms with E-state index < -0.39 is 55.6 Å². The highest BCUT2D eigenvalue weighted by Crippen LogP contribution is 2.37. The maximum Gasteiger partial charge on any atom is 0.394 e. The van der Waals surface area contributed by atoms with Gasteiger partial charge in [0.2, 0.25) is 0 Å². The van der Waals surface area contributed by atoms with Crippen molar-refractivity contribution in [1.82, 2.24) is 10.2 Å². The van der Waals surface area contributed by atoms with Gasteiger partial charge >= 0.3 is 18.2 Å². The predicted octanol–water partition coefficient (Wildman–Crippen LogP) is 2.68. The number of benzene rings is 1. The van der Waals surface area contributed by atoms with Gasteiger partial charge in [0.1, 0.15) is 0 Å². The molecule has 2 rings (SSSR count). The van der Waals surface area contributed by atoms with E-state index in [9.17, 15) is 31.5 Å². The van der Waals surface area contributed by atoms with Gasteiger partial charge < -0.3 is 15.3 Å². The Labute approximate surface area is 139 Å². The molecule has 138 valence electrons. The molecule has 1 aliphatic rings. The Bertz CT molecular complexity index is 636. The van der Waals surface area contributed by atoms with E-state index in [1.54, 1.807) is 0 Å². The zero-order chi connectivity index (χ0) is 18.8. The Morgan fingerprint density at radius 1 is 1.12 bits per heavy atom. The van der Waals surface area contributed by atoms with Gasteiger partial charge in [-0.3, -0.25) is 4.79 Å². The number of carboxylic acids is 1. The van der Waals surface area contributed by atoms with Crippen LogP contribution in [0.15, 0.2) is 30.3 Å². The molecule has 1 aromatic rings. The maximum absolute atomic E-state index is 14.0. The topological polar surface area (TPSA) is 69.6 Å². The van der Waals surface area contributed by atoms with Gasteiger partial charge in [-0.2, -0.15) is 22.0 Å². The lowest BCUT2D eigenvalue weighted by Crippen LogP contribution is -2.43. The number of alkyl halides is 5. The molecular formula is C15H15F5N2O3. The van der Waals surface area contributed by atoms with Crippen LogP contribution in [0, 0.1) is 11.8 Å². The molecule has 0 unspecified atom stereocenters. The second-order valence-corrected chi connectivity index (χ2v) is 5.73. The van der Waals surface area contributed by atoms with E-state index >= 15 is 0 Å². The summed E-state index contributed by atoms with van der Waals surface area (Å²) in [5.41, 5.74) is -0.353. The number of likely N-dealkylation sites (tertiary alicyclic amines) is 1. The number of carbonyl (C=O) groups is 2. The van der Waals surface area contributed by atoms with Crippen molar-refractivity contribution in [3.8, 4) is 0 Å². The average Bonchev–Trinajstić information content (AvgIpc) is 2.99. The summed E-state index contributed by atoms with van der Waals surface area (Å²) in [4.78, 5) is 23.4. The van der Waals surface area contributed by atoms with Crippen LogP contribution in [0.25, 0.3) is 0 Å². The van der Waals surface area contributed by atoms with Crippen LogP contribution in [-0.2, 0) is 10.7 Å². The van der Waals surface area contributed by atoms with Gasteiger partial charge in [0.25, 0.3) is 5.92 Å². The second-order valence-electron chi connectivity index (χ2n) is 5.73. The number of amides is 2. The number of aliphatic carboxylic acids is 1. The first-order chi connectivity index (χ1) is 11.5. The van der Waals surface area contributed by atoms with Gasteiger partial charge in [0, 0.05) is 18.7 Å². The number of urea groups is 1. The molecule has 10 heteroatoms. The molecule has 0 aliphatic carbocycles. The van der Waals surface area contributed by atoms with Crippen molar-refractivity contribution in [1.29, 1.82) is 0 Å². The summed E-state index contributed by atoms with van der Waals surface area (Å²) in [5.74, 6) is -9.15. The first kappa shape index (κ1) is 18.9. The number of nitrogens with one attached hydrogen (secondary N) is 1. The molecule has 0 saturated carbocycles. The largest absolute Gasteiger partial charge is 0.481 e. The molecule has 0 bridgehead atoms. The van der Waals surface area contributed by atoms with Crippen LogP contribution in [0.1, 0.15) is 5.56 Å². The van der Waals surface area contributed by atoms with Crippen LogP contribution in [-0.4, -0.2) is 47.8 Å². The highest BCUT2D eigenvalue weighted by molar-refractivity contribution is 5.77. The van der Waals surface area contributed by atoms with Crippen LogP contribution in [0.2, 0.25) is 0 Å². The molecule has 25 heavy (non-hydrogen) atoms. The third-order valence-electron chi connectivity index (χ3n) is 4.00. The Morgan fingerprint density at radius 3 is 2.20 bits per heavy atom. The van der Waals surface area contributed by atoms with Gasteiger partial charge in [-0.15, -0.1) is 0 Å². The van der Waals surface area contributed by atoms with E-state index in [0.717, 1.165) is 12.1 Å². The number of halogens is 5. The normalized spacial score (nSPS) is 21.2. The molecule has 2 N–H and O–H groups in total. The summed E-state index contributed by atoms with van der Waals surface area (Å²) >= 11 is 0. The van der Waals surface area contributed by atoms with E-state index in [1.807, 2.05) is 5.32 Å². The van der Waals surface area contributed by atoms with E-state index in [4.69, 9.17) is 5.11 Å². The van der Waals surface area contributed by atoms with Crippen molar-refractivity contribution in [3.05, 3.63) is 35.9 Å². The highest BCUT2D eigenvalue weighted by atomic mass is 19.4. The van der Waals surface area contributed by atoms with E-state index in [2.05, 4.69) is 0 Å². The van der Waals surface area contributed by atoms with Gasteiger partial charge in [-0.05, 0) is 0 Å². The smallest absolute Gasteiger partial charge is 0.394 e. The third kappa shape index (κ3) is 4.37. The molecule has 1 saturated heterocycles. The molecule has 5 nitrogen and oxygen atoms in total. The van der Waals surface area contributed by atoms with Crippen molar-refractivity contribution < 1.29 is 36.6 Å². The minimum atomic E-state index is -4.80. The lowest BCUT2D eigenvalue weighted by Gasteiger charge is -2.21. The van der Waals surface area contributed by atoms with Gasteiger partial charge in [0.15, 0.2) is 0 Å². The number of carbonyl (C=O) groups excluding carboxylic acids is 1. The lowest BCUT2D eigenvalue weighted by molar-refractivity contribution is -0.187. The number of hydrogen-bond donors (Lipinski definition) is 2. The summed E-state index contributed by atoms with van der Waals surface area (Å²) < 4.78 is 66.5. The van der Waals surface area contributed by atoms with Crippen LogP contribution < -0.4 is 5.32 Å². The van der Waals surface area contributed by atoms with Crippen LogP contribution in [0.4, 0.5) is 26.7 Å². The lowest BCUT2D eigenvalue weighted by atomic mass is 9.96. The molecule has 0 radical (unpaired) electrons. The molecular weight excluding hydrogens is 351 g/mol. The Hall–Kier alpha value is -2.39. The first-order valence-electron chi connectivity index (χ1n) is 7.28. The summed E-state index contributed by atoms with van der Waals surface area (Å²) in [6, 6.07) is 5.46. The Morgan fingerprint density at radius 2 is 1.72 bits per heavy atom. The quantitative estimate of drug-likeness (QED) is 0.805. The maximum atomic E-state index is 14.0. The number of carboxylic acid groups (broad SMARTS) is 1. The Balaban J connectivity index is 2.01. The third-order valence-corrected chi connectivity index (χ3v) is 4.00. The summed E-state index contributed by atoms with van der Waals surface area (Å²) in [6.07, 6.45) is -4.80. The molecule has 2 atom stereocenters. The molecule has 1 aromatic carbocycles. The van der Waals surface area contributed by atoms with E-state index in [-0.39, 0.29) is 5.56 Å². The summed E-state index contributed by atoms with van der Waals surface area (Å²) in [7, 11) is 0. The minimum Gasteiger partial charge on any atom is -0.481 e. The zero-order valence-corrected chi connectivity index (χ0v) is 12.8. The average molecular weight is 366 g/mol. The molecule has 1 fully saturated rings. The Kier molecular flexibility index (Phi) is 5.19. The van der Waals surface area contributed by atoms with E-state index in [0.29, 0.717) is 4.90 Å². The van der Waals surface area contributed by atoms with Gasteiger partial charge in [-0.1, -0.05) is 30.3 Å². The fraction of sp³-hybridized carbons (Fsp3) is 0.467. The predicted molar refractivity (Wildman–Crippen MR) is 76.0 cm³/mol. The SMILES string of the molecule is O=C(O)[C@@H]1CN(C(=O)NCC(F)(F)c2ccccc2)C[C@H]1C(F)(F)F. The van der Waals surface area contributed by atoms with Crippen molar-refractivity contribution in [3.63, 3.8) is 0 Å². The second kappa shape index (κ2) is 6.85. The van der Waals surface area contributed by atoms with Crippen molar-refractivity contribution in [2.45, 2.75) is 12.1 Å². The van der Waals surface area contributed by atoms with Crippen LogP contribution >= 0.6 is 0 Å². The van der Waals surface area contributed by atoms with Crippen molar-refractivity contribution in [2.24, 2.45) is 11.8 Å². The molecule has 0 aromatic heterocycles. The first-order valence-corrected chi connectivity index (χ1v) is 7.28. The molecule has 2 amide bonds. The molecule has 1 heterocycles. The fourth-order valence-corrected chi connectivity index (χ4v) is 2.63. The zero-order valence-electron chi connectivity index (χ0n) is 12.8. The number of hydrogen-bond acceptors (Lipinski definition) is 2. The van der Waals surface area contributed by atoms with Gasteiger partial charge in [-0.25, -0.2) is 4.79 Å². The molecule has 0 spiro atoms. The summed E-state index contributed by atoms with van der Waals surface area (Å²) in [6.45, 7) is -2.69. The van der Waals surface area contributed by atoms with E-state index in [1.165, 1.54) is 18.2 Å². The van der Waals surface area contributed by atoms with Crippen LogP contribution in [0.3, 0.4) is 0 Å². The van der Waals surface area contributed by atoms with Crippen molar-refractivity contribution >= 4 is 12.0 Å².